The first-order chi connectivity index (χ1) is 10.8. The molecule has 0 saturated heterocycles. The normalized spacial score (nSPS) is 18.9. The predicted molar refractivity (Wildman–Crippen MR) is 88.8 cm³/mol. The smallest absolute Gasteiger partial charge is 0.335 e. The van der Waals surface area contributed by atoms with Gasteiger partial charge in [-0.15, -0.1) is 0 Å². The minimum atomic E-state index is -0.934. The topological polar surface area (TPSA) is 49.3 Å². The second kappa shape index (κ2) is 5.53. The van der Waals surface area contributed by atoms with Crippen molar-refractivity contribution in [3.63, 3.8) is 0 Å². The number of halogens is 2. The van der Waals surface area contributed by atoms with E-state index in [0.717, 1.165) is 23.2 Å². The number of fused-ring (bicyclic) bond motifs is 1. The minimum Gasteiger partial charge on any atom is -0.478 e. The van der Waals surface area contributed by atoms with E-state index in [-0.39, 0.29) is 22.0 Å². The van der Waals surface area contributed by atoms with Crippen molar-refractivity contribution in [3.8, 4) is 0 Å². The lowest BCUT2D eigenvalue weighted by atomic mass is 9.73. The van der Waals surface area contributed by atoms with Crippen molar-refractivity contribution < 1.29 is 14.3 Å². The molecule has 0 radical (unpaired) electrons. The molecule has 0 fully saturated rings. The highest BCUT2D eigenvalue weighted by Gasteiger charge is 2.34. The number of rotatable bonds is 2. The highest BCUT2D eigenvalue weighted by molar-refractivity contribution is 6.30. The van der Waals surface area contributed by atoms with Crippen LogP contribution in [0.4, 0.5) is 10.1 Å². The second-order valence-electron chi connectivity index (χ2n) is 6.52. The Labute approximate surface area is 139 Å². The number of hydrogen-bond donors (Lipinski definition) is 2. The quantitative estimate of drug-likeness (QED) is 0.812. The Kier molecular flexibility index (Phi) is 3.80. The number of nitrogens with one attached hydrogen (secondary N) is 1. The van der Waals surface area contributed by atoms with Gasteiger partial charge in [0.05, 0.1) is 16.6 Å². The summed E-state index contributed by atoms with van der Waals surface area (Å²) in [7, 11) is 0. The van der Waals surface area contributed by atoms with Gasteiger partial charge in [0.15, 0.2) is 0 Å². The van der Waals surface area contributed by atoms with Gasteiger partial charge in [0.25, 0.3) is 0 Å². The summed E-state index contributed by atoms with van der Waals surface area (Å²) in [6.07, 6.45) is 0.755. The summed E-state index contributed by atoms with van der Waals surface area (Å²) in [5.41, 5.74) is 2.86. The summed E-state index contributed by atoms with van der Waals surface area (Å²) < 4.78 is 13.4. The average Bonchev–Trinajstić information content (AvgIpc) is 2.49. The van der Waals surface area contributed by atoms with Crippen molar-refractivity contribution in [2.45, 2.75) is 31.7 Å². The first-order valence-electron chi connectivity index (χ1n) is 7.37. The van der Waals surface area contributed by atoms with Crippen molar-refractivity contribution in [2.75, 3.05) is 5.32 Å². The highest BCUT2D eigenvalue weighted by atomic mass is 35.5. The maximum atomic E-state index is 13.4. The SMILES string of the molecule is CC1(C)C[C@H](c2ccc(F)c(Cl)c2)Nc2ccc(C(=O)O)cc21. The maximum absolute atomic E-state index is 13.4. The van der Waals surface area contributed by atoms with Crippen LogP contribution < -0.4 is 5.32 Å². The van der Waals surface area contributed by atoms with Gasteiger partial charge in [-0.3, -0.25) is 0 Å². The van der Waals surface area contributed by atoms with E-state index in [4.69, 9.17) is 11.6 Å². The molecule has 1 atom stereocenters. The molecule has 1 aliphatic rings. The third kappa shape index (κ3) is 2.91. The van der Waals surface area contributed by atoms with Gasteiger partial charge in [0.1, 0.15) is 5.82 Å². The van der Waals surface area contributed by atoms with Crippen molar-refractivity contribution >= 4 is 23.3 Å². The van der Waals surface area contributed by atoms with E-state index in [2.05, 4.69) is 19.2 Å². The number of hydrogen-bond acceptors (Lipinski definition) is 2. The van der Waals surface area contributed by atoms with E-state index in [1.165, 1.54) is 6.07 Å². The molecule has 3 nitrogen and oxygen atoms in total. The van der Waals surface area contributed by atoms with Crippen molar-refractivity contribution in [1.82, 2.24) is 0 Å². The van der Waals surface area contributed by atoms with Crippen LogP contribution in [-0.4, -0.2) is 11.1 Å². The molecule has 0 saturated carbocycles. The average molecular weight is 334 g/mol. The molecule has 0 aromatic heterocycles. The van der Waals surface area contributed by atoms with Crippen LogP contribution in [0.25, 0.3) is 0 Å². The van der Waals surface area contributed by atoms with E-state index < -0.39 is 11.8 Å². The largest absolute Gasteiger partial charge is 0.478 e. The summed E-state index contributed by atoms with van der Waals surface area (Å²) >= 11 is 5.89. The molecule has 120 valence electrons. The van der Waals surface area contributed by atoms with Crippen molar-refractivity contribution in [3.05, 3.63) is 63.9 Å². The first kappa shape index (κ1) is 15.8. The van der Waals surface area contributed by atoms with Gasteiger partial charge in [0, 0.05) is 5.69 Å². The van der Waals surface area contributed by atoms with Crippen LogP contribution >= 0.6 is 11.6 Å². The Morgan fingerprint density at radius 1 is 1.30 bits per heavy atom. The molecule has 1 heterocycles. The van der Waals surface area contributed by atoms with E-state index in [1.54, 1.807) is 30.3 Å². The van der Waals surface area contributed by atoms with Crippen LogP contribution in [0, 0.1) is 5.82 Å². The van der Waals surface area contributed by atoms with Crippen LogP contribution in [0.1, 0.15) is 47.8 Å². The number of aromatic carboxylic acids is 1. The zero-order valence-corrected chi connectivity index (χ0v) is 13.6. The Balaban J connectivity index is 2.01. The lowest BCUT2D eigenvalue weighted by molar-refractivity contribution is 0.0696. The third-order valence-electron chi connectivity index (χ3n) is 4.39. The van der Waals surface area contributed by atoms with Crippen LogP contribution in [-0.2, 0) is 5.41 Å². The number of benzene rings is 2. The fourth-order valence-corrected chi connectivity index (χ4v) is 3.34. The van der Waals surface area contributed by atoms with Crippen molar-refractivity contribution in [2.24, 2.45) is 0 Å². The van der Waals surface area contributed by atoms with E-state index in [1.807, 2.05) is 0 Å². The molecule has 5 heteroatoms. The molecule has 1 aliphatic heterocycles. The Morgan fingerprint density at radius 2 is 2.04 bits per heavy atom. The monoisotopic (exact) mass is 333 g/mol. The van der Waals surface area contributed by atoms with Gasteiger partial charge >= 0.3 is 5.97 Å². The van der Waals surface area contributed by atoms with E-state index >= 15 is 0 Å². The van der Waals surface area contributed by atoms with Gasteiger partial charge in [-0.05, 0) is 53.3 Å². The highest BCUT2D eigenvalue weighted by Crippen LogP contribution is 2.44. The minimum absolute atomic E-state index is 0.00808. The Hall–Kier alpha value is -2.07. The number of carbonyl (C=O) groups is 1. The Morgan fingerprint density at radius 3 is 2.70 bits per heavy atom. The zero-order chi connectivity index (χ0) is 16.8. The van der Waals surface area contributed by atoms with E-state index in [9.17, 15) is 14.3 Å². The lowest BCUT2D eigenvalue weighted by Gasteiger charge is -2.39. The molecule has 2 aromatic rings. The third-order valence-corrected chi connectivity index (χ3v) is 4.68. The number of carboxylic acid groups (broad SMARTS) is 1. The number of carboxylic acids is 1. The Bertz CT molecular complexity index is 789. The predicted octanol–water partition coefficient (Wildman–Crippen LogP) is 5.01. The maximum Gasteiger partial charge on any atom is 0.335 e. The van der Waals surface area contributed by atoms with Gasteiger partial charge in [0.2, 0.25) is 0 Å². The van der Waals surface area contributed by atoms with Gasteiger partial charge < -0.3 is 10.4 Å². The van der Waals surface area contributed by atoms with Gasteiger partial charge in [-0.1, -0.05) is 31.5 Å². The van der Waals surface area contributed by atoms with Crippen molar-refractivity contribution in [1.29, 1.82) is 0 Å². The summed E-state index contributed by atoms with van der Waals surface area (Å²) in [5, 5.41) is 12.7. The van der Waals surface area contributed by atoms with Gasteiger partial charge in [-0.25, -0.2) is 9.18 Å². The summed E-state index contributed by atoms with van der Waals surface area (Å²) in [6.45, 7) is 4.16. The molecular weight excluding hydrogens is 317 g/mol. The zero-order valence-electron chi connectivity index (χ0n) is 12.9. The molecule has 0 bridgehead atoms. The summed E-state index contributed by atoms with van der Waals surface area (Å²) in [6, 6.07) is 9.83. The molecule has 2 aromatic carbocycles. The molecule has 23 heavy (non-hydrogen) atoms. The van der Waals surface area contributed by atoms with Gasteiger partial charge in [-0.2, -0.15) is 0 Å². The van der Waals surface area contributed by atoms with Crippen LogP contribution in [0.15, 0.2) is 36.4 Å². The van der Waals surface area contributed by atoms with Crippen LogP contribution in [0.2, 0.25) is 5.02 Å². The lowest BCUT2D eigenvalue weighted by Crippen LogP contribution is -2.31. The standard InChI is InChI=1S/C18H17ClFNO2/c1-18(2)9-16(10-3-5-14(20)13(19)8-10)21-15-6-4-11(17(22)23)7-12(15)18/h3-8,16,21H,9H2,1-2H3,(H,22,23)/t16-/m1/s1. The summed E-state index contributed by atoms with van der Waals surface area (Å²) in [4.78, 5) is 11.2. The molecule has 2 N–H and O–H groups in total. The second-order valence-corrected chi connectivity index (χ2v) is 6.93. The number of anilines is 1. The summed E-state index contributed by atoms with van der Waals surface area (Å²) in [5.74, 6) is -1.37. The molecule has 0 spiro atoms. The van der Waals surface area contributed by atoms with E-state index in [0.29, 0.717) is 0 Å². The first-order valence-corrected chi connectivity index (χ1v) is 7.75. The molecule has 0 aliphatic carbocycles. The molecule has 0 unspecified atom stereocenters. The van der Waals surface area contributed by atoms with Crippen LogP contribution in [0.5, 0.6) is 0 Å². The fraction of sp³-hybridized carbons (Fsp3) is 0.278. The molecule has 0 amide bonds. The fourth-order valence-electron chi connectivity index (χ4n) is 3.15. The molecular formula is C18H17ClFNO2. The molecule has 3 rings (SSSR count). The van der Waals surface area contributed by atoms with Crippen LogP contribution in [0.3, 0.4) is 0 Å².